The summed E-state index contributed by atoms with van der Waals surface area (Å²) in [7, 11) is 1.33. The van der Waals surface area contributed by atoms with E-state index in [9.17, 15) is 14.4 Å². The van der Waals surface area contributed by atoms with Crippen LogP contribution in [0.5, 0.6) is 5.75 Å². The molecule has 1 aromatic heterocycles. The van der Waals surface area contributed by atoms with Gasteiger partial charge < -0.3 is 9.47 Å². The molecule has 0 amide bonds. The molecule has 0 radical (unpaired) electrons. The Labute approximate surface area is 214 Å². The van der Waals surface area contributed by atoms with E-state index in [0.29, 0.717) is 29.3 Å². The van der Waals surface area contributed by atoms with E-state index in [0.717, 1.165) is 15.7 Å². The molecule has 2 aromatic carbocycles. The average molecular weight is 515 g/mol. The van der Waals surface area contributed by atoms with Crippen molar-refractivity contribution in [2.45, 2.75) is 59.2 Å². The quantitative estimate of drug-likeness (QED) is 0.328. The number of rotatable bonds is 10. The maximum absolute atomic E-state index is 13.4. The molecule has 0 fully saturated rings. The zero-order chi connectivity index (χ0) is 26.2. The van der Waals surface area contributed by atoms with Crippen LogP contribution >= 0.6 is 11.6 Å². The molecule has 1 N–H and O–H groups in total. The van der Waals surface area contributed by atoms with E-state index >= 15 is 0 Å². The predicted octanol–water partition coefficient (Wildman–Crippen LogP) is 3.71. The van der Waals surface area contributed by atoms with Crippen molar-refractivity contribution in [3.05, 3.63) is 85.2 Å². The summed E-state index contributed by atoms with van der Waals surface area (Å²) in [5.41, 5.74) is 1.45. The fourth-order valence-corrected chi connectivity index (χ4v) is 3.75. The molecule has 0 spiro atoms. The topological polar surface area (TPSA) is 108 Å². The van der Waals surface area contributed by atoms with Crippen molar-refractivity contribution in [2.75, 3.05) is 7.11 Å². The van der Waals surface area contributed by atoms with Gasteiger partial charge in [0.05, 0.1) is 30.5 Å². The minimum Gasteiger partial charge on any atom is -0.489 e. The van der Waals surface area contributed by atoms with Gasteiger partial charge in [0.1, 0.15) is 5.75 Å². The highest BCUT2D eigenvalue weighted by molar-refractivity contribution is 6.32. The largest absolute Gasteiger partial charge is 0.489 e. The maximum atomic E-state index is 13.4. The number of esters is 1. The van der Waals surface area contributed by atoms with Crippen LogP contribution in [-0.2, 0) is 22.6 Å². The number of aryl methyl sites for hydroxylation is 1. The Morgan fingerprint density at radius 2 is 1.81 bits per heavy atom. The molecule has 0 saturated heterocycles. The second kappa shape index (κ2) is 12.4. The van der Waals surface area contributed by atoms with Gasteiger partial charge in [-0.3, -0.25) is 14.3 Å². The smallest absolute Gasteiger partial charge is 0.335 e. The second-order valence-electron chi connectivity index (χ2n) is 8.69. The van der Waals surface area contributed by atoms with Crippen molar-refractivity contribution in [2.24, 2.45) is 4.99 Å². The highest BCUT2D eigenvalue weighted by Crippen LogP contribution is 2.29. The third kappa shape index (κ3) is 7.21. The predicted molar refractivity (Wildman–Crippen MR) is 138 cm³/mol. The van der Waals surface area contributed by atoms with E-state index < -0.39 is 11.4 Å². The number of carbonyl (C=O) groups is 1. The van der Waals surface area contributed by atoms with Crippen molar-refractivity contribution < 1.29 is 14.3 Å². The number of carbonyl (C=O) groups excluding carboxylic acids is 1. The molecule has 10 heteroatoms. The van der Waals surface area contributed by atoms with Gasteiger partial charge in [-0.2, -0.15) is 0 Å². The van der Waals surface area contributed by atoms with Gasteiger partial charge in [-0.25, -0.2) is 19.1 Å². The highest BCUT2D eigenvalue weighted by Gasteiger charge is 2.11. The third-order valence-corrected chi connectivity index (χ3v) is 5.69. The van der Waals surface area contributed by atoms with Gasteiger partial charge in [0, 0.05) is 13.0 Å². The number of nitrogens with zero attached hydrogens (tertiary/aromatic N) is 3. The lowest BCUT2D eigenvalue weighted by Crippen LogP contribution is -2.50. The van der Waals surface area contributed by atoms with Gasteiger partial charge in [0.25, 0.3) is 0 Å². The van der Waals surface area contributed by atoms with E-state index in [1.54, 1.807) is 18.2 Å². The summed E-state index contributed by atoms with van der Waals surface area (Å²) in [6, 6.07) is 12.8. The van der Waals surface area contributed by atoms with Crippen molar-refractivity contribution in [3.63, 3.8) is 0 Å². The molecule has 1 heterocycles. The van der Waals surface area contributed by atoms with E-state index in [2.05, 4.69) is 14.7 Å². The number of hydrogen-bond donors (Lipinski definition) is 1. The number of methoxy groups -OCH3 is 1. The Hall–Kier alpha value is -3.59. The Morgan fingerprint density at radius 3 is 2.44 bits per heavy atom. The molecule has 3 aromatic rings. The van der Waals surface area contributed by atoms with Crippen LogP contribution in [0.2, 0.25) is 5.02 Å². The zero-order valence-corrected chi connectivity index (χ0v) is 21.7. The van der Waals surface area contributed by atoms with Gasteiger partial charge >= 0.3 is 17.3 Å². The lowest BCUT2D eigenvalue weighted by molar-refractivity contribution is -0.140. The summed E-state index contributed by atoms with van der Waals surface area (Å²) in [5.74, 6) is 0.192. The van der Waals surface area contributed by atoms with Gasteiger partial charge in [-0.05, 0) is 57.4 Å². The van der Waals surface area contributed by atoms with Crippen LogP contribution in [0.3, 0.4) is 0 Å². The molecule has 36 heavy (non-hydrogen) atoms. The lowest BCUT2D eigenvalue weighted by atomic mass is 10.1. The Kier molecular flexibility index (Phi) is 9.30. The summed E-state index contributed by atoms with van der Waals surface area (Å²) < 4.78 is 12.8. The first-order chi connectivity index (χ1) is 17.2. The number of benzene rings is 2. The summed E-state index contributed by atoms with van der Waals surface area (Å²) in [6.45, 7) is 6.15. The molecule has 0 bridgehead atoms. The van der Waals surface area contributed by atoms with Crippen LogP contribution in [0.25, 0.3) is 0 Å². The minimum absolute atomic E-state index is 0.0430. The highest BCUT2D eigenvalue weighted by atomic mass is 35.5. The monoisotopic (exact) mass is 514 g/mol. The first-order valence-electron chi connectivity index (χ1n) is 11.7. The number of aromatic amines is 1. The fraction of sp³-hybridized carbons (Fsp3) is 0.385. The van der Waals surface area contributed by atoms with Gasteiger partial charge in [0.15, 0.2) is 0 Å². The zero-order valence-electron chi connectivity index (χ0n) is 20.9. The van der Waals surface area contributed by atoms with Gasteiger partial charge in [-0.15, -0.1) is 0 Å². The van der Waals surface area contributed by atoms with Crippen LogP contribution in [-0.4, -0.2) is 33.3 Å². The van der Waals surface area contributed by atoms with E-state index in [1.165, 1.54) is 11.7 Å². The van der Waals surface area contributed by atoms with Crippen LogP contribution in [0.4, 0.5) is 5.69 Å². The van der Waals surface area contributed by atoms with E-state index in [-0.39, 0.29) is 37.2 Å². The molecule has 0 aliphatic carbocycles. The van der Waals surface area contributed by atoms with Gasteiger partial charge in [-0.1, -0.05) is 41.4 Å². The van der Waals surface area contributed by atoms with Crippen molar-refractivity contribution in [1.82, 2.24) is 14.1 Å². The van der Waals surface area contributed by atoms with Crippen LogP contribution in [0.15, 0.2) is 57.0 Å². The number of nitrogens with one attached hydrogen (secondary N) is 1. The van der Waals surface area contributed by atoms with Crippen molar-refractivity contribution in [1.29, 1.82) is 0 Å². The summed E-state index contributed by atoms with van der Waals surface area (Å²) >= 11 is 6.35. The van der Waals surface area contributed by atoms with Crippen molar-refractivity contribution in [3.8, 4) is 5.75 Å². The van der Waals surface area contributed by atoms with Crippen LogP contribution in [0, 0.1) is 6.92 Å². The second-order valence-corrected chi connectivity index (χ2v) is 9.09. The summed E-state index contributed by atoms with van der Waals surface area (Å²) in [6.07, 6.45) is 1.13. The van der Waals surface area contributed by atoms with Gasteiger partial charge in [0.2, 0.25) is 5.62 Å². The third-order valence-electron chi connectivity index (χ3n) is 5.40. The maximum Gasteiger partial charge on any atom is 0.335 e. The van der Waals surface area contributed by atoms with E-state index in [1.807, 2.05) is 45.0 Å². The summed E-state index contributed by atoms with van der Waals surface area (Å²) in [4.78, 5) is 44.8. The Bertz CT molecular complexity index is 1390. The summed E-state index contributed by atoms with van der Waals surface area (Å²) in [5, 5.41) is 0.372. The first-order valence-corrected chi connectivity index (χ1v) is 12.1. The number of ether oxygens (including phenoxy) is 2. The number of hydrogen-bond acceptors (Lipinski definition) is 6. The van der Waals surface area contributed by atoms with Crippen molar-refractivity contribution >= 4 is 23.3 Å². The molecule has 0 aliphatic heterocycles. The number of halogens is 1. The average Bonchev–Trinajstić information content (AvgIpc) is 2.83. The number of H-pyrrole nitrogens is 1. The SMILES string of the molecule is COC(=O)CCCCn1c(=O)[nH]/c(=N\c2ccc(OC(C)C)c(Cl)c2)n(Cc2ccc(C)cc2)c1=O. The van der Waals surface area contributed by atoms with Crippen LogP contribution < -0.4 is 21.7 Å². The molecule has 0 atom stereocenters. The number of aromatic nitrogens is 3. The molecule has 9 nitrogen and oxygen atoms in total. The molecular weight excluding hydrogens is 484 g/mol. The lowest BCUT2D eigenvalue weighted by Gasteiger charge is -2.12. The molecule has 0 unspecified atom stereocenters. The Morgan fingerprint density at radius 1 is 1.08 bits per heavy atom. The van der Waals surface area contributed by atoms with E-state index in [4.69, 9.17) is 16.3 Å². The number of unbranched alkanes of at least 4 members (excludes halogenated alkanes) is 1. The molecular formula is C26H31ClN4O5. The minimum atomic E-state index is -0.581. The Balaban J connectivity index is 2.03. The molecule has 0 saturated carbocycles. The normalized spacial score (nSPS) is 11.7. The first kappa shape index (κ1) is 27.0. The molecule has 0 aliphatic rings. The van der Waals surface area contributed by atoms with Crippen LogP contribution in [0.1, 0.15) is 44.2 Å². The molecule has 192 valence electrons. The standard InChI is InChI=1S/C26H31ClN4O5/c1-17(2)36-22-13-12-20(15-21(22)27)28-24-29-25(33)30(14-6-5-7-23(32)35-4)26(34)31(24)16-19-10-8-18(3)9-11-19/h8-13,15,17H,5-7,14,16H2,1-4H3,(H,28,29,33). The fourth-order valence-electron chi connectivity index (χ4n) is 3.53. The molecule has 3 rings (SSSR count).